The molecule has 0 aromatic carbocycles. The van der Waals surface area contributed by atoms with E-state index in [-0.39, 0.29) is 0 Å². The zero-order valence-electron chi connectivity index (χ0n) is 10.1. The van der Waals surface area contributed by atoms with Gasteiger partial charge in [-0.2, -0.15) is 0 Å². The van der Waals surface area contributed by atoms with E-state index < -0.39 is 0 Å². The maximum atomic E-state index is 5.86. The molecule has 2 aliphatic rings. The molecule has 0 radical (unpaired) electrons. The average Bonchev–Trinajstić information content (AvgIpc) is 3.04. The highest BCUT2D eigenvalue weighted by Crippen LogP contribution is 2.49. The largest absolute Gasteiger partial charge is 0.269 e. The molecule has 3 unspecified atom stereocenters. The average molecular weight is 263 g/mol. The Labute approximate surface area is 110 Å². The number of halogens is 1. The van der Waals surface area contributed by atoms with Crippen LogP contribution >= 0.6 is 11.6 Å². The minimum Gasteiger partial charge on any atom is -0.269 e. The normalized spacial score (nSPS) is 30.4. The van der Waals surface area contributed by atoms with Gasteiger partial charge in [-0.05, 0) is 37.0 Å². The van der Waals surface area contributed by atoms with Gasteiger partial charge in [-0.15, -0.1) is 10.2 Å². The molecule has 0 N–H and O–H groups in total. The summed E-state index contributed by atoms with van der Waals surface area (Å²) >= 11 is 5.86. The van der Waals surface area contributed by atoms with E-state index in [1.165, 1.54) is 25.7 Å². The Morgan fingerprint density at radius 2 is 2.22 bits per heavy atom. The summed E-state index contributed by atoms with van der Waals surface area (Å²) in [6, 6.07) is 1.76. The van der Waals surface area contributed by atoms with Crippen LogP contribution in [0.1, 0.15) is 31.5 Å². The minimum absolute atomic E-state index is 0.473. The van der Waals surface area contributed by atoms with Crippen molar-refractivity contribution in [3.8, 4) is 0 Å². The Bertz CT molecular complexity index is 594. The van der Waals surface area contributed by atoms with Crippen molar-refractivity contribution in [3.63, 3.8) is 0 Å². The Kier molecular flexibility index (Phi) is 2.34. The maximum Gasteiger partial charge on any atom is 0.165 e. The van der Waals surface area contributed by atoms with Gasteiger partial charge < -0.3 is 0 Å². The zero-order chi connectivity index (χ0) is 12.1. The highest BCUT2D eigenvalue weighted by molar-refractivity contribution is 6.29. The van der Waals surface area contributed by atoms with Gasteiger partial charge in [-0.25, -0.2) is 4.98 Å². The van der Waals surface area contributed by atoms with Crippen LogP contribution < -0.4 is 0 Å². The topological polar surface area (TPSA) is 43.1 Å². The highest BCUT2D eigenvalue weighted by Gasteiger charge is 2.39. The van der Waals surface area contributed by atoms with E-state index in [0.29, 0.717) is 5.15 Å². The number of aromatic nitrogens is 4. The van der Waals surface area contributed by atoms with Crippen molar-refractivity contribution in [2.45, 2.75) is 32.1 Å². The molecule has 0 amide bonds. The van der Waals surface area contributed by atoms with Crippen LogP contribution in [0.4, 0.5) is 0 Å². The van der Waals surface area contributed by atoms with Crippen molar-refractivity contribution in [2.24, 2.45) is 17.8 Å². The first-order valence-electron chi connectivity index (χ1n) is 6.65. The minimum atomic E-state index is 0.473. The van der Waals surface area contributed by atoms with E-state index in [4.69, 9.17) is 11.6 Å². The lowest BCUT2D eigenvalue weighted by atomic mass is 9.86. The molecule has 2 heterocycles. The third-order valence-electron chi connectivity index (χ3n) is 4.67. The van der Waals surface area contributed by atoms with Gasteiger partial charge in [0.05, 0.1) is 0 Å². The number of rotatable bonds is 2. The Morgan fingerprint density at radius 1 is 1.28 bits per heavy atom. The van der Waals surface area contributed by atoms with Gasteiger partial charge in [0.2, 0.25) is 0 Å². The summed E-state index contributed by atoms with van der Waals surface area (Å²) in [6.45, 7) is 0. The fourth-order valence-corrected chi connectivity index (χ4v) is 3.96. The molecule has 2 aromatic rings. The third kappa shape index (κ3) is 1.62. The molecule has 0 aliphatic heterocycles. The molecule has 0 spiro atoms. The molecule has 2 saturated carbocycles. The van der Waals surface area contributed by atoms with E-state index in [1.54, 1.807) is 12.4 Å². The van der Waals surface area contributed by atoms with Gasteiger partial charge in [0, 0.05) is 12.5 Å². The smallest absolute Gasteiger partial charge is 0.165 e. The predicted molar refractivity (Wildman–Crippen MR) is 68.4 cm³/mol. The summed E-state index contributed by atoms with van der Waals surface area (Å²) in [6.07, 6.45) is 8.44. The Morgan fingerprint density at radius 3 is 3.00 bits per heavy atom. The molecule has 0 saturated heterocycles. The molecule has 2 aromatic heterocycles. The van der Waals surface area contributed by atoms with Crippen LogP contribution in [0.5, 0.6) is 0 Å². The Hall–Kier alpha value is -1.16. The van der Waals surface area contributed by atoms with Crippen molar-refractivity contribution in [1.29, 1.82) is 0 Å². The Balaban J connectivity index is 1.63. The van der Waals surface area contributed by atoms with Crippen LogP contribution in [0.25, 0.3) is 5.65 Å². The van der Waals surface area contributed by atoms with Crippen molar-refractivity contribution < 1.29 is 0 Å². The fraction of sp³-hybridized carbons (Fsp3) is 0.615. The summed E-state index contributed by atoms with van der Waals surface area (Å²) in [5, 5.41) is 8.94. The van der Waals surface area contributed by atoms with E-state index in [1.807, 2.05) is 4.40 Å². The first kappa shape index (κ1) is 10.7. The van der Waals surface area contributed by atoms with Gasteiger partial charge >= 0.3 is 0 Å². The molecule has 2 aliphatic carbocycles. The van der Waals surface area contributed by atoms with Crippen LogP contribution in [-0.2, 0) is 6.42 Å². The molecule has 3 atom stereocenters. The van der Waals surface area contributed by atoms with E-state index in [9.17, 15) is 0 Å². The molecule has 94 valence electrons. The van der Waals surface area contributed by atoms with Gasteiger partial charge in [-0.3, -0.25) is 4.40 Å². The standard InChI is InChI=1S/C13H15ClN4/c14-11-6-13-17-16-12(18(13)7-15-11)5-10-4-8-1-2-9(10)3-8/h6-10H,1-5H2. The molecule has 2 fully saturated rings. The lowest BCUT2D eigenvalue weighted by Crippen LogP contribution is -2.14. The molecular weight excluding hydrogens is 248 g/mol. The van der Waals surface area contributed by atoms with Crippen LogP contribution in [0.15, 0.2) is 12.4 Å². The summed E-state index contributed by atoms with van der Waals surface area (Å²) in [4.78, 5) is 4.11. The first-order valence-corrected chi connectivity index (χ1v) is 7.02. The maximum absolute atomic E-state index is 5.86. The van der Waals surface area contributed by atoms with Crippen LogP contribution in [0, 0.1) is 17.8 Å². The summed E-state index contributed by atoms with van der Waals surface area (Å²) < 4.78 is 1.97. The SMILES string of the molecule is Clc1cc2nnc(CC3CC4CCC3C4)n2cn1. The van der Waals surface area contributed by atoms with Crippen molar-refractivity contribution >= 4 is 17.2 Å². The lowest BCUT2D eigenvalue weighted by molar-refractivity contribution is 0.326. The molecular formula is C13H15ClN4. The van der Waals surface area contributed by atoms with Crippen LogP contribution in [0.2, 0.25) is 5.15 Å². The fourth-order valence-electron chi connectivity index (χ4n) is 3.82. The molecule has 4 nitrogen and oxygen atoms in total. The molecule has 4 rings (SSSR count). The summed E-state index contributed by atoms with van der Waals surface area (Å²) in [5.41, 5.74) is 0.799. The molecule has 5 heteroatoms. The van der Waals surface area contributed by atoms with Crippen molar-refractivity contribution in [3.05, 3.63) is 23.4 Å². The van der Waals surface area contributed by atoms with Crippen LogP contribution in [0.3, 0.4) is 0 Å². The van der Waals surface area contributed by atoms with Crippen LogP contribution in [-0.4, -0.2) is 19.6 Å². The second kappa shape index (κ2) is 3.92. The number of hydrogen-bond acceptors (Lipinski definition) is 3. The second-order valence-electron chi connectivity index (χ2n) is 5.70. The number of fused-ring (bicyclic) bond motifs is 3. The van der Waals surface area contributed by atoms with Gasteiger partial charge in [0.25, 0.3) is 0 Å². The van der Waals surface area contributed by atoms with E-state index >= 15 is 0 Å². The van der Waals surface area contributed by atoms with Gasteiger partial charge in [0.1, 0.15) is 17.3 Å². The molecule has 2 bridgehead atoms. The summed E-state index contributed by atoms with van der Waals surface area (Å²) in [7, 11) is 0. The summed E-state index contributed by atoms with van der Waals surface area (Å²) in [5.74, 6) is 3.73. The number of hydrogen-bond donors (Lipinski definition) is 0. The van der Waals surface area contributed by atoms with Gasteiger partial charge in [-0.1, -0.05) is 18.0 Å². The third-order valence-corrected chi connectivity index (χ3v) is 4.87. The predicted octanol–water partition coefficient (Wildman–Crippen LogP) is 2.76. The number of nitrogens with zero attached hydrogens (tertiary/aromatic N) is 4. The van der Waals surface area contributed by atoms with Crippen molar-refractivity contribution in [1.82, 2.24) is 19.6 Å². The van der Waals surface area contributed by atoms with E-state index in [0.717, 1.165) is 35.6 Å². The monoisotopic (exact) mass is 262 g/mol. The van der Waals surface area contributed by atoms with Crippen molar-refractivity contribution in [2.75, 3.05) is 0 Å². The lowest BCUT2D eigenvalue weighted by Gasteiger charge is -2.20. The zero-order valence-corrected chi connectivity index (χ0v) is 10.8. The van der Waals surface area contributed by atoms with E-state index in [2.05, 4.69) is 15.2 Å². The molecule has 18 heavy (non-hydrogen) atoms. The first-order chi connectivity index (χ1) is 8.79. The second-order valence-corrected chi connectivity index (χ2v) is 6.08. The highest BCUT2D eigenvalue weighted by atomic mass is 35.5. The quantitative estimate of drug-likeness (QED) is 0.782. The van der Waals surface area contributed by atoms with Gasteiger partial charge in [0.15, 0.2) is 5.65 Å².